The summed E-state index contributed by atoms with van der Waals surface area (Å²) in [5.41, 5.74) is 0. The van der Waals surface area contributed by atoms with E-state index in [1.807, 2.05) is 0 Å². The van der Waals surface area contributed by atoms with Gasteiger partial charge >= 0.3 is 0 Å². The van der Waals surface area contributed by atoms with E-state index < -0.39 is 0 Å². The molecule has 0 spiro atoms. The summed E-state index contributed by atoms with van der Waals surface area (Å²) in [6.45, 7) is 9.76. The second-order valence-corrected chi connectivity index (χ2v) is 6.30. The summed E-state index contributed by atoms with van der Waals surface area (Å²) in [5.74, 6) is 2.51. The zero-order chi connectivity index (χ0) is 12.4. The smallest absolute Gasteiger partial charge is 0.217 e. The Morgan fingerprint density at radius 3 is 2.59 bits per heavy atom. The lowest BCUT2D eigenvalue weighted by Gasteiger charge is -2.39. The normalized spacial score (nSPS) is 30.6. The molecule has 98 valence electrons. The third-order valence-corrected chi connectivity index (χ3v) is 4.12. The van der Waals surface area contributed by atoms with Crippen LogP contribution < -0.4 is 5.32 Å². The highest BCUT2D eigenvalue weighted by Gasteiger charge is 2.32. The van der Waals surface area contributed by atoms with Crippen molar-refractivity contribution >= 4 is 5.91 Å². The Hall–Kier alpha value is -0.570. The molecule has 3 heteroatoms. The fraction of sp³-hybridized carbons (Fsp3) is 0.929. The molecule has 2 fully saturated rings. The van der Waals surface area contributed by atoms with Gasteiger partial charge in [0, 0.05) is 32.6 Å². The van der Waals surface area contributed by atoms with Crippen LogP contribution in [0.25, 0.3) is 0 Å². The van der Waals surface area contributed by atoms with E-state index in [9.17, 15) is 4.79 Å². The number of carbonyl (C=O) groups excluding carboxylic acids is 1. The van der Waals surface area contributed by atoms with Gasteiger partial charge in [-0.05, 0) is 37.0 Å². The van der Waals surface area contributed by atoms with E-state index in [0.29, 0.717) is 12.0 Å². The molecule has 2 atom stereocenters. The molecule has 0 aromatic carbocycles. The van der Waals surface area contributed by atoms with Crippen LogP contribution in [-0.4, -0.2) is 36.5 Å². The number of carbonyl (C=O) groups is 1. The van der Waals surface area contributed by atoms with Crippen molar-refractivity contribution in [2.45, 2.75) is 46.1 Å². The quantitative estimate of drug-likeness (QED) is 0.811. The molecule has 0 aromatic heterocycles. The minimum absolute atomic E-state index is 0.116. The predicted octanol–water partition coefficient (Wildman–Crippen LogP) is 1.88. The van der Waals surface area contributed by atoms with E-state index in [1.54, 1.807) is 6.92 Å². The fourth-order valence-corrected chi connectivity index (χ4v) is 2.92. The number of likely N-dealkylation sites (tertiary alicyclic amines) is 1. The second-order valence-electron chi connectivity index (χ2n) is 6.30. The molecule has 2 rings (SSSR count). The van der Waals surface area contributed by atoms with Crippen LogP contribution in [0.1, 0.15) is 40.0 Å². The summed E-state index contributed by atoms with van der Waals surface area (Å²) in [6, 6.07) is 0.368. The van der Waals surface area contributed by atoms with Crippen molar-refractivity contribution in [2.24, 2.45) is 17.8 Å². The number of nitrogens with zero attached hydrogens (tertiary/aromatic N) is 1. The maximum atomic E-state index is 11.2. The largest absolute Gasteiger partial charge is 0.352 e. The zero-order valence-corrected chi connectivity index (χ0v) is 11.4. The summed E-state index contributed by atoms with van der Waals surface area (Å²) >= 11 is 0. The number of piperidine rings is 1. The molecule has 1 saturated heterocycles. The van der Waals surface area contributed by atoms with E-state index in [0.717, 1.165) is 24.8 Å². The Morgan fingerprint density at radius 1 is 1.35 bits per heavy atom. The molecule has 1 heterocycles. The minimum atomic E-state index is 0.116. The van der Waals surface area contributed by atoms with Crippen molar-refractivity contribution in [1.29, 1.82) is 0 Å². The van der Waals surface area contributed by atoms with Crippen LogP contribution in [0.15, 0.2) is 0 Å². The highest BCUT2D eigenvalue weighted by Crippen LogP contribution is 2.32. The van der Waals surface area contributed by atoms with Crippen LogP contribution in [0, 0.1) is 17.8 Å². The van der Waals surface area contributed by atoms with Crippen molar-refractivity contribution < 1.29 is 4.79 Å². The standard InChI is InChI=1S/C14H26N2O/c1-10(2)13-6-14(15-11(3)17)9-16(8-13)7-12-4-5-12/h10,12-14H,4-9H2,1-3H3,(H,15,17). The molecule has 0 aromatic rings. The summed E-state index contributed by atoms with van der Waals surface area (Å²) in [4.78, 5) is 13.8. The van der Waals surface area contributed by atoms with Crippen molar-refractivity contribution in [1.82, 2.24) is 10.2 Å². The van der Waals surface area contributed by atoms with Gasteiger partial charge in [0.05, 0.1) is 0 Å². The number of hydrogen-bond acceptors (Lipinski definition) is 2. The van der Waals surface area contributed by atoms with Crippen LogP contribution >= 0.6 is 0 Å². The van der Waals surface area contributed by atoms with Crippen molar-refractivity contribution in [3.8, 4) is 0 Å². The van der Waals surface area contributed by atoms with Gasteiger partial charge in [-0.2, -0.15) is 0 Å². The van der Waals surface area contributed by atoms with Crippen LogP contribution in [0.4, 0.5) is 0 Å². The first-order valence-corrected chi connectivity index (χ1v) is 7.04. The van der Waals surface area contributed by atoms with E-state index >= 15 is 0 Å². The SMILES string of the molecule is CC(=O)NC1CC(C(C)C)CN(CC2CC2)C1. The van der Waals surface area contributed by atoms with Crippen LogP contribution in [0.3, 0.4) is 0 Å². The molecule has 17 heavy (non-hydrogen) atoms. The average molecular weight is 238 g/mol. The first kappa shape index (κ1) is 12.9. The van der Waals surface area contributed by atoms with Gasteiger partial charge < -0.3 is 10.2 Å². The zero-order valence-electron chi connectivity index (χ0n) is 11.4. The lowest BCUT2D eigenvalue weighted by atomic mass is 9.85. The average Bonchev–Trinajstić information content (AvgIpc) is 3.00. The van der Waals surface area contributed by atoms with Gasteiger partial charge in [-0.15, -0.1) is 0 Å². The summed E-state index contributed by atoms with van der Waals surface area (Å²) in [7, 11) is 0. The van der Waals surface area contributed by atoms with E-state index in [4.69, 9.17) is 0 Å². The third kappa shape index (κ3) is 3.98. The number of amides is 1. The molecule has 2 unspecified atom stereocenters. The molecular weight excluding hydrogens is 212 g/mol. The topological polar surface area (TPSA) is 32.3 Å². The molecule has 0 bridgehead atoms. The Morgan fingerprint density at radius 2 is 2.06 bits per heavy atom. The Balaban J connectivity index is 1.90. The monoisotopic (exact) mass is 238 g/mol. The van der Waals surface area contributed by atoms with E-state index in [2.05, 4.69) is 24.1 Å². The van der Waals surface area contributed by atoms with Gasteiger partial charge in [0.1, 0.15) is 0 Å². The van der Waals surface area contributed by atoms with Gasteiger partial charge in [-0.25, -0.2) is 0 Å². The first-order chi connectivity index (χ1) is 8.04. The number of hydrogen-bond donors (Lipinski definition) is 1. The van der Waals surface area contributed by atoms with Gasteiger partial charge in [0.25, 0.3) is 0 Å². The maximum absolute atomic E-state index is 11.2. The Bertz CT molecular complexity index is 273. The third-order valence-electron chi connectivity index (χ3n) is 4.12. The second kappa shape index (κ2) is 5.38. The molecule has 1 saturated carbocycles. The number of rotatable bonds is 4. The molecule has 3 nitrogen and oxygen atoms in total. The Kier molecular flexibility index (Phi) is 4.08. The highest BCUT2D eigenvalue weighted by atomic mass is 16.1. The predicted molar refractivity (Wildman–Crippen MR) is 69.7 cm³/mol. The summed E-state index contributed by atoms with van der Waals surface area (Å²) in [6.07, 6.45) is 3.97. The van der Waals surface area contributed by atoms with Crippen molar-refractivity contribution in [3.05, 3.63) is 0 Å². The van der Waals surface area contributed by atoms with Gasteiger partial charge in [-0.3, -0.25) is 4.79 Å². The first-order valence-electron chi connectivity index (χ1n) is 7.04. The van der Waals surface area contributed by atoms with Crippen LogP contribution in [0.2, 0.25) is 0 Å². The van der Waals surface area contributed by atoms with Crippen LogP contribution in [0.5, 0.6) is 0 Å². The maximum Gasteiger partial charge on any atom is 0.217 e. The summed E-state index contributed by atoms with van der Waals surface area (Å²) in [5, 5.41) is 3.11. The van der Waals surface area contributed by atoms with E-state index in [1.165, 1.54) is 25.9 Å². The molecule has 1 N–H and O–H groups in total. The lowest BCUT2D eigenvalue weighted by Crippen LogP contribution is -2.51. The lowest BCUT2D eigenvalue weighted by molar-refractivity contribution is -0.120. The molecule has 1 aliphatic carbocycles. The van der Waals surface area contributed by atoms with E-state index in [-0.39, 0.29) is 5.91 Å². The highest BCUT2D eigenvalue weighted by molar-refractivity contribution is 5.73. The van der Waals surface area contributed by atoms with Gasteiger partial charge in [0.15, 0.2) is 0 Å². The summed E-state index contributed by atoms with van der Waals surface area (Å²) < 4.78 is 0. The number of nitrogens with one attached hydrogen (secondary N) is 1. The fourth-order valence-electron chi connectivity index (χ4n) is 2.92. The Labute approximate surface area is 105 Å². The molecule has 1 amide bonds. The molecule has 0 radical (unpaired) electrons. The van der Waals surface area contributed by atoms with Crippen LogP contribution in [-0.2, 0) is 4.79 Å². The van der Waals surface area contributed by atoms with Crippen molar-refractivity contribution in [3.63, 3.8) is 0 Å². The molecule has 2 aliphatic rings. The minimum Gasteiger partial charge on any atom is -0.352 e. The molecule has 1 aliphatic heterocycles. The van der Waals surface area contributed by atoms with Gasteiger partial charge in [-0.1, -0.05) is 13.8 Å². The van der Waals surface area contributed by atoms with Gasteiger partial charge in [0.2, 0.25) is 5.91 Å². The van der Waals surface area contributed by atoms with Crippen molar-refractivity contribution in [2.75, 3.05) is 19.6 Å². The molecular formula is C14H26N2O.